The van der Waals surface area contributed by atoms with Crippen molar-refractivity contribution in [1.82, 2.24) is 9.88 Å². The summed E-state index contributed by atoms with van der Waals surface area (Å²) in [5, 5.41) is 9.53. The van der Waals surface area contributed by atoms with E-state index in [1.54, 1.807) is 24.4 Å². The van der Waals surface area contributed by atoms with E-state index in [9.17, 15) is 9.90 Å². The first kappa shape index (κ1) is 16.4. The molecule has 1 atom stereocenters. The zero-order valence-corrected chi connectivity index (χ0v) is 14.6. The average Bonchev–Trinajstić information content (AvgIpc) is 3.04. The first-order chi connectivity index (χ1) is 12.1. The zero-order valence-electron chi connectivity index (χ0n) is 13.8. The Morgan fingerprint density at radius 1 is 1.32 bits per heavy atom. The van der Waals surface area contributed by atoms with Gasteiger partial charge in [-0.15, -0.1) is 11.8 Å². The van der Waals surface area contributed by atoms with Crippen molar-refractivity contribution >= 4 is 17.7 Å². The Balaban J connectivity index is 1.29. The summed E-state index contributed by atoms with van der Waals surface area (Å²) in [7, 11) is 0. The van der Waals surface area contributed by atoms with E-state index in [-0.39, 0.29) is 22.5 Å². The topological polar surface area (TPSA) is 62.7 Å². The van der Waals surface area contributed by atoms with Crippen LogP contribution in [0, 0.1) is 0 Å². The summed E-state index contributed by atoms with van der Waals surface area (Å²) in [6.45, 7) is 2.03. The molecule has 0 saturated carbocycles. The Hall–Kier alpha value is -2.05. The largest absolute Gasteiger partial charge is 0.508 e. The van der Waals surface area contributed by atoms with Crippen molar-refractivity contribution in [3.63, 3.8) is 0 Å². The predicted octanol–water partition coefficient (Wildman–Crippen LogP) is 2.70. The molecule has 2 aliphatic heterocycles. The summed E-state index contributed by atoms with van der Waals surface area (Å²) in [5.41, 5.74) is 1.49. The number of carbonyl (C=O) groups excluding carboxylic acids is 1. The lowest BCUT2D eigenvalue weighted by molar-refractivity contribution is 0.0245. The van der Waals surface area contributed by atoms with Gasteiger partial charge in [-0.25, -0.2) is 0 Å². The van der Waals surface area contributed by atoms with Crippen LogP contribution in [0.1, 0.15) is 22.5 Å². The molecule has 2 fully saturated rings. The molecule has 5 nitrogen and oxygen atoms in total. The van der Waals surface area contributed by atoms with E-state index in [1.807, 2.05) is 34.9 Å². The summed E-state index contributed by atoms with van der Waals surface area (Å²) in [6.07, 6.45) is 2.96. The van der Waals surface area contributed by atoms with Crippen LogP contribution in [0.15, 0.2) is 48.7 Å². The van der Waals surface area contributed by atoms with Crippen molar-refractivity contribution in [1.29, 1.82) is 0 Å². The average molecular weight is 356 g/mol. The molecule has 1 unspecified atom stereocenters. The second-order valence-electron chi connectivity index (χ2n) is 6.66. The third-order valence-corrected chi connectivity index (χ3v) is 6.28. The van der Waals surface area contributed by atoms with E-state index in [0.717, 1.165) is 31.0 Å². The highest BCUT2D eigenvalue weighted by atomic mass is 32.2. The minimum atomic E-state index is -0.0139. The number of aromatic hydroxyl groups is 1. The molecule has 4 rings (SSSR count). The minimum absolute atomic E-state index is 0.0139. The molecule has 1 N–H and O–H groups in total. The van der Waals surface area contributed by atoms with E-state index >= 15 is 0 Å². The predicted molar refractivity (Wildman–Crippen MR) is 96.6 cm³/mol. The maximum absolute atomic E-state index is 12.5. The normalized spacial score (nSPS) is 21.3. The highest BCUT2D eigenvalue weighted by Crippen LogP contribution is 2.46. The van der Waals surface area contributed by atoms with E-state index in [1.165, 1.54) is 6.07 Å². The number of nitrogens with zero attached hydrogens (tertiary/aromatic N) is 2. The molecule has 3 heterocycles. The number of thioether (sulfide) groups is 1. The number of hydrogen-bond acceptors (Lipinski definition) is 5. The first-order valence-corrected chi connectivity index (χ1v) is 9.36. The van der Waals surface area contributed by atoms with Crippen LogP contribution < -0.4 is 0 Å². The van der Waals surface area contributed by atoms with Gasteiger partial charge in [-0.05, 0) is 36.8 Å². The molecular formula is C19H20N2O3S. The Morgan fingerprint density at radius 3 is 2.96 bits per heavy atom. The standard InChI is InChI=1S/C19H20N2O3S/c22-16-6-3-4-14(8-16)18(23)21-12-19(13-21)9-17(11-25-19)24-10-15-5-1-2-7-20-15/h1-8,17,22H,9-13H2. The highest BCUT2D eigenvalue weighted by molar-refractivity contribution is 8.01. The Bertz CT molecular complexity index is 762. The molecule has 1 spiro atoms. The van der Waals surface area contributed by atoms with Crippen molar-refractivity contribution in [3.05, 3.63) is 59.9 Å². The van der Waals surface area contributed by atoms with E-state index in [0.29, 0.717) is 12.2 Å². The molecule has 2 aromatic rings. The fourth-order valence-electron chi connectivity index (χ4n) is 3.43. The Morgan fingerprint density at radius 2 is 2.20 bits per heavy atom. The summed E-state index contributed by atoms with van der Waals surface area (Å²) in [6, 6.07) is 12.4. The third kappa shape index (κ3) is 3.50. The fraction of sp³-hybridized carbons (Fsp3) is 0.368. The number of likely N-dealkylation sites (tertiary alicyclic amines) is 1. The van der Waals surface area contributed by atoms with Crippen molar-refractivity contribution in [2.45, 2.75) is 23.9 Å². The van der Waals surface area contributed by atoms with Gasteiger partial charge < -0.3 is 14.7 Å². The first-order valence-electron chi connectivity index (χ1n) is 8.37. The number of pyridine rings is 1. The third-order valence-electron chi connectivity index (χ3n) is 4.71. The van der Waals surface area contributed by atoms with Crippen LogP contribution in [0.25, 0.3) is 0 Å². The lowest BCUT2D eigenvalue weighted by Crippen LogP contribution is -2.60. The Kier molecular flexibility index (Phi) is 4.39. The number of benzene rings is 1. The molecule has 1 amide bonds. The molecule has 0 aliphatic carbocycles. The van der Waals surface area contributed by atoms with Crippen LogP contribution in [0.4, 0.5) is 0 Å². The van der Waals surface area contributed by atoms with Gasteiger partial charge in [0.2, 0.25) is 0 Å². The van der Waals surface area contributed by atoms with Gasteiger partial charge in [-0.3, -0.25) is 9.78 Å². The van der Waals surface area contributed by atoms with Crippen LogP contribution in [-0.4, -0.2) is 50.6 Å². The number of carbonyl (C=O) groups is 1. The maximum Gasteiger partial charge on any atom is 0.254 e. The van der Waals surface area contributed by atoms with Crippen LogP contribution >= 0.6 is 11.8 Å². The molecule has 1 aromatic heterocycles. The SMILES string of the molecule is O=C(c1cccc(O)c1)N1CC2(CC(OCc3ccccn3)CS2)C1. The van der Waals surface area contributed by atoms with Crippen LogP contribution in [-0.2, 0) is 11.3 Å². The molecule has 6 heteroatoms. The maximum atomic E-state index is 12.5. The van der Waals surface area contributed by atoms with E-state index in [2.05, 4.69) is 4.98 Å². The molecule has 1 aromatic carbocycles. The second-order valence-corrected chi connectivity index (χ2v) is 8.15. The van der Waals surface area contributed by atoms with Gasteiger partial charge in [-0.2, -0.15) is 0 Å². The van der Waals surface area contributed by atoms with Gasteiger partial charge in [0.25, 0.3) is 5.91 Å². The molecule has 2 saturated heterocycles. The van der Waals surface area contributed by atoms with E-state index in [4.69, 9.17) is 4.74 Å². The van der Waals surface area contributed by atoms with Gasteiger partial charge in [0.05, 0.1) is 23.2 Å². The number of amides is 1. The molecule has 130 valence electrons. The summed E-state index contributed by atoms with van der Waals surface area (Å²) >= 11 is 1.91. The second kappa shape index (κ2) is 6.69. The lowest BCUT2D eigenvalue weighted by atomic mass is 9.92. The number of hydrogen-bond donors (Lipinski definition) is 1. The molecule has 0 bridgehead atoms. The lowest BCUT2D eigenvalue weighted by Gasteiger charge is -2.47. The smallest absolute Gasteiger partial charge is 0.254 e. The Labute approximate surface area is 151 Å². The van der Waals surface area contributed by atoms with Crippen molar-refractivity contribution in [2.75, 3.05) is 18.8 Å². The van der Waals surface area contributed by atoms with Crippen molar-refractivity contribution in [3.8, 4) is 5.75 Å². The molecule has 2 aliphatic rings. The molecule has 0 radical (unpaired) electrons. The zero-order chi connectivity index (χ0) is 17.3. The van der Waals surface area contributed by atoms with E-state index < -0.39 is 0 Å². The van der Waals surface area contributed by atoms with Crippen LogP contribution in [0.5, 0.6) is 5.75 Å². The monoisotopic (exact) mass is 356 g/mol. The summed E-state index contributed by atoms with van der Waals surface area (Å²) in [5.74, 6) is 1.07. The van der Waals surface area contributed by atoms with Crippen LogP contribution in [0.3, 0.4) is 0 Å². The van der Waals surface area contributed by atoms with Gasteiger partial charge >= 0.3 is 0 Å². The van der Waals surface area contributed by atoms with Crippen molar-refractivity contribution in [2.24, 2.45) is 0 Å². The highest BCUT2D eigenvalue weighted by Gasteiger charge is 2.51. The minimum Gasteiger partial charge on any atom is -0.508 e. The van der Waals surface area contributed by atoms with Gasteiger partial charge in [-0.1, -0.05) is 12.1 Å². The fourth-order valence-corrected chi connectivity index (χ4v) is 4.98. The molecular weight excluding hydrogens is 336 g/mol. The molecule has 25 heavy (non-hydrogen) atoms. The van der Waals surface area contributed by atoms with Gasteiger partial charge in [0.1, 0.15) is 5.75 Å². The number of phenols is 1. The number of aromatic nitrogens is 1. The quantitative estimate of drug-likeness (QED) is 0.913. The van der Waals surface area contributed by atoms with Crippen molar-refractivity contribution < 1.29 is 14.6 Å². The van der Waals surface area contributed by atoms with Gasteiger partial charge in [0, 0.05) is 30.6 Å². The number of phenolic OH excluding ortho intramolecular Hbond substituents is 1. The number of ether oxygens (including phenoxy) is 1. The summed E-state index contributed by atoms with van der Waals surface area (Å²) < 4.78 is 6.12. The van der Waals surface area contributed by atoms with Crippen LogP contribution in [0.2, 0.25) is 0 Å². The van der Waals surface area contributed by atoms with Gasteiger partial charge in [0.15, 0.2) is 0 Å². The summed E-state index contributed by atoms with van der Waals surface area (Å²) in [4.78, 5) is 18.6. The number of rotatable bonds is 4.